The minimum absolute atomic E-state index is 0.00111. The number of ether oxygens (including phenoxy) is 1. The number of hydrogen-bond acceptors (Lipinski definition) is 11. The maximum Gasteiger partial charge on any atom is 0.161 e. The highest BCUT2D eigenvalue weighted by atomic mass is 33.1. The van der Waals surface area contributed by atoms with Gasteiger partial charge in [-0.2, -0.15) is 0 Å². The molecule has 12 atom stereocenters. The molecule has 72 heavy (non-hydrogen) atoms. The second-order valence-corrected chi connectivity index (χ2v) is 23.7. The lowest BCUT2D eigenvalue weighted by atomic mass is 9.66. The largest absolute Gasteiger partial charge is 0.504 e. The van der Waals surface area contributed by atoms with Crippen molar-refractivity contribution in [2.24, 2.45) is 46.7 Å². The number of aryl methyl sites for hydroxylation is 1. The Labute approximate surface area is 434 Å². The first-order valence-corrected chi connectivity index (χ1v) is 29.0. The third-order valence-corrected chi connectivity index (χ3v) is 19.2. The number of phenols is 1. The Balaban J connectivity index is 1.10. The third kappa shape index (κ3) is 11.8. The summed E-state index contributed by atoms with van der Waals surface area (Å²) in [6.07, 6.45) is 11.1. The van der Waals surface area contributed by atoms with Gasteiger partial charge in [-0.25, -0.2) is 0 Å². The predicted molar refractivity (Wildman–Crippen MR) is 290 cm³/mol. The fraction of sp³-hybridized carbons (Fsp3) is 0.500. The number of aliphatic hydroxyl groups is 5. The quantitative estimate of drug-likeness (QED) is 0.0355. The van der Waals surface area contributed by atoms with Crippen LogP contribution in [0.5, 0.6) is 11.5 Å². The summed E-state index contributed by atoms with van der Waals surface area (Å²) in [4.78, 5) is 3.37. The van der Waals surface area contributed by atoms with E-state index in [-0.39, 0.29) is 48.4 Å². The van der Waals surface area contributed by atoms with Crippen LogP contribution in [-0.4, -0.2) is 91.3 Å². The second-order valence-electron chi connectivity index (χ2n) is 21.1. The molecule has 4 aromatic rings. The molecule has 0 amide bonds. The fourth-order valence-corrected chi connectivity index (χ4v) is 15.2. The molecule has 0 radical (unpaired) electrons. The lowest BCUT2D eigenvalue weighted by Crippen LogP contribution is -2.42. The predicted octanol–water partition coefficient (Wildman–Crippen LogP) is 8.78. The first-order valence-electron chi connectivity index (χ1n) is 26.5. The summed E-state index contributed by atoms with van der Waals surface area (Å²) >= 11 is 0. The molecule has 10 nitrogen and oxygen atoms in total. The zero-order valence-electron chi connectivity index (χ0n) is 41.7. The van der Waals surface area contributed by atoms with Gasteiger partial charge >= 0.3 is 0 Å². The van der Waals surface area contributed by atoms with E-state index in [1.807, 2.05) is 36.5 Å². The topological polar surface area (TPSA) is 184 Å². The van der Waals surface area contributed by atoms with E-state index in [1.165, 1.54) is 16.7 Å². The number of hydrogen-bond donors (Lipinski definition) is 9. The van der Waals surface area contributed by atoms with Crippen molar-refractivity contribution >= 4 is 21.6 Å². The van der Waals surface area contributed by atoms with Gasteiger partial charge in [0.05, 0.1) is 18.3 Å². The molecule has 1 aromatic heterocycles. The molecule has 10 N–H and O–H groups in total. The maximum absolute atomic E-state index is 12.6. The summed E-state index contributed by atoms with van der Waals surface area (Å²) in [5, 5.41) is 74.2. The molecular weight excluding hydrogens is 939 g/mol. The lowest BCUT2D eigenvalue weighted by Gasteiger charge is -2.38. The number of benzene rings is 3. The van der Waals surface area contributed by atoms with Gasteiger partial charge in [0.15, 0.2) is 11.5 Å². The van der Waals surface area contributed by atoms with Gasteiger partial charge in [-0.05, 0) is 128 Å². The highest BCUT2D eigenvalue weighted by Crippen LogP contribution is 2.51. The van der Waals surface area contributed by atoms with E-state index in [0.29, 0.717) is 62.4 Å². The van der Waals surface area contributed by atoms with Gasteiger partial charge in [0.1, 0.15) is 11.9 Å². The van der Waals surface area contributed by atoms with Crippen molar-refractivity contribution in [1.29, 1.82) is 0 Å². The van der Waals surface area contributed by atoms with E-state index in [4.69, 9.17) is 10.5 Å². The Hall–Kier alpha value is -4.58. The Bertz CT molecular complexity index is 2580. The van der Waals surface area contributed by atoms with Gasteiger partial charge in [-0.1, -0.05) is 132 Å². The van der Waals surface area contributed by atoms with Crippen LogP contribution >= 0.6 is 21.6 Å². The normalized spacial score (nSPS) is 30.4. The molecule has 2 aliphatic heterocycles. The van der Waals surface area contributed by atoms with Gasteiger partial charge in [-0.15, -0.1) is 0 Å². The number of phenolic OH excluding ortho intramolecular Hbond substituents is 1. The molecule has 12 heteroatoms. The number of aromatic amines is 1. The zero-order valence-corrected chi connectivity index (χ0v) is 43.3. The summed E-state index contributed by atoms with van der Waals surface area (Å²) in [5.74, 6) is 7.92. The number of aromatic hydroxyl groups is 1. The molecule has 3 aromatic carbocycles. The van der Waals surface area contributed by atoms with E-state index in [0.717, 1.165) is 66.5 Å². The smallest absolute Gasteiger partial charge is 0.161 e. The van der Waals surface area contributed by atoms with Crippen molar-refractivity contribution < 1.29 is 35.4 Å². The number of aromatic nitrogens is 1. The van der Waals surface area contributed by atoms with Gasteiger partial charge in [0, 0.05) is 83.7 Å². The van der Waals surface area contributed by atoms with Crippen molar-refractivity contribution in [3.8, 4) is 23.3 Å². The number of H-pyrrole nitrogens is 1. The molecule has 0 bridgehead atoms. The van der Waals surface area contributed by atoms with Crippen LogP contribution in [0.1, 0.15) is 92.2 Å². The third-order valence-electron chi connectivity index (χ3n) is 16.8. The monoisotopic (exact) mass is 1010 g/mol. The summed E-state index contributed by atoms with van der Waals surface area (Å²) in [7, 11) is 3.26. The van der Waals surface area contributed by atoms with Crippen molar-refractivity contribution in [2.45, 2.75) is 114 Å². The lowest BCUT2D eigenvalue weighted by molar-refractivity contribution is -0.0214. The van der Waals surface area contributed by atoms with Gasteiger partial charge in [0.2, 0.25) is 0 Å². The van der Waals surface area contributed by atoms with Crippen LogP contribution in [0, 0.1) is 52.8 Å². The molecule has 3 heterocycles. The standard InChI is InChI=1S/C60H75N3O7S2/c1-2-40-27-42-30-53(67)55(70-56-31-43(28-46-16-11-24-62-46)47-20-25-63-59(61)51(47)37-72-71-36-44(34-64)58(56)69)33-49(42)50-32-54(68)57-41(29-48(40)50)19-23-60(21-10-9-17-52(57)66,22-18-38-12-5-3-6-13-38)45(35-65)26-39-14-7-4-8-15-39/h3-8,11-16,20,24,29-30,33,40-41,43-45,50,52,54,56-58,62-69H,2,9-10,17-18,21-22,25-28,31-32,34-37,61H2,1H3/t40-,41-,43-,44-,45-,50-,52-,54+,56+,57+,58+,60-/m0/s1. The number of allylic oxidation sites excluding steroid dienone is 3. The van der Waals surface area contributed by atoms with E-state index < -0.39 is 47.6 Å². The van der Waals surface area contributed by atoms with Crippen molar-refractivity contribution in [3.05, 3.63) is 154 Å². The van der Waals surface area contributed by atoms with Crippen molar-refractivity contribution in [1.82, 2.24) is 10.3 Å². The molecule has 3 aliphatic carbocycles. The summed E-state index contributed by atoms with van der Waals surface area (Å²) in [5.41, 5.74) is 14.9. The molecular formula is C60H75N3O7S2. The van der Waals surface area contributed by atoms with Gasteiger partial charge in [0.25, 0.3) is 0 Å². The summed E-state index contributed by atoms with van der Waals surface area (Å²) in [6.45, 7) is 2.54. The van der Waals surface area contributed by atoms with Crippen molar-refractivity contribution in [3.63, 3.8) is 0 Å². The van der Waals surface area contributed by atoms with E-state index in [9.17, 15) is 30.6 Å². The zero-order chi connectivity index (χ0) is 50.2. The number of rotatable bonds is 13. The first-order chi connectivity index (χ1) is 35.1. The number of dihydropyridines is 1. The molecule has 384 valence electrons. The highest BCUT2D eigenvalue weighted by molar-refractivity contribution is 8.76. The van der Waals surface area contributed by atoms with Crippen LogP contribution in [-0.2, 0) is 25.7 Å². The fourth-order valence-electron chi connectivity index (χ4n) is 12.7. The molecule has 9 rings (SSSR count). The van der Waals surface area contributed by atoms with Crippen LogP contribution in [0.15, 0.2) is 126 Å². The number of nitrogens with one attached hydrogen (secondary N) is 2. The van der Waals surface area contributed by atoms with Crippen LogP contribution in [0.25, 0.3) is 0 Å². The molecule has 1 fully saturated rings. The number of nitrogens with two attached hydrogens (primary N) is 1. The SMILES string of the molecule is CC[C@H]1Cc2cc(O)c(O[C@@H]3C[C@H](Cc4ccc[nH]4)C4=CCNC(N)=C4CSSC[C@H](CO)[C@H]3O)cc2[C@H]2C[C@@H](O)[C@@H]3[C@@H](C#C[C@](CCc4ccccc4)([C@H](CO)Cc4ccccc4)CCCC[C@@H]3O)C=C12. The van der Waals surface area contributed by atoms with E-state index in [1.54, 1.807) is 21.6 Å². The van der Waals surface area contributed by atoms with Gasteiger partial charge in [-0.3, -0.25) is 0 Å². The minimum Gasteiger partial charge on any atom is -0.504 e. The van der Waals surface area contributed by atoms with E-state index in [2.05, 4.69) is 95.8 Å². The molecule has 0 spiro atoms. The average molecular weight is 1010 g/mol. The Morgan fingerprint density at radius 1 is 0.917 bits per heavy atom. The maximum atomic E-state index is 12.6. The van der Waals surface area contributed by atoms with Gasteiger partial charge < -0.3 is 51.4 Å². The molecule has 0 saturated carbocycles. The summed E-state index contributed by atoms with van der Waals surface area (Å²) < 4.78 is 6.95. The second kappa shape index (κ2) is 24.2. The Morgan fingerprint density at radius 3 is 2.44 bits per heavy atom. The molecule has 0 unspecified atom stereocenters. The number of aliphatic hydroxyl groups excluding tert-OH is 5. The van der Waals surface area contributed by atoms with Crippen LogP contribution in [0.2, 0.25) is 0 Å². The van der Waals surface area contributed by atoms with Crippen molar-refractivity contribution in [2.75, 3.05) is 31.3 Å². The summed E-state index contributed by atoms with van der Waals surface area (Å²) in [6, 6.07) is 28.7. The minimum atomic E-state index is -1.06. The van der Waals surface area contributed by atoms with E-state index >= 15 is 0 Å². The highest BCUT2D eigenvalue weighted by Gasteiger charge is 2.44. The van der Waals surface area contributed by atoms with Crippen LogP contribution in [0.4, 0.5) is 0 Å². The molecule has 1 saturated heterocycles. The molecule has 5 aliphatic rings. The van der Waals surface area contributed by atoms with Crippen LogP contribution < -0.4 is 15.8 Å². The first kappa shape index (κ1) is 52.3. The number of fused-ring (bicyclic) bond motifs is 5. The van der Waals surface area contributed by atoms with Crippen LogP contribution in [0.3, 0.4) is 0 Å². The Morgan fingerprint density at radius 2 is 1.71 bits per heavy atom. The average Bonchev–Trinajstić information content (AvgIpc) is 3.85. The Kier molecular flexibility index (Phi) is 17.6.